The van der Waals surface area contributed by atoms with Gasteiger partial charge in [-0.25, -0.2) is 0 Å². The molecule has 2 rings (SSSR count). The Balaban J connectivity index is 2.01. The van der Waals surface area contributed by atoms with Crippen molar-refractivity contribution in [3.8, 4) is 0 Å². The lowest BCUT2D eigenvalue weighted by molar-refractivity contribution is 0.543. The molecule has 0 unspecified atom stereocenters. The van der Waals surface area contributed by atoms with E-state index >= 15 is 0 Å². The summed E-state index contributed by atoms with van der Waals surface area (Å²) >= 11 is 0. The first kappa shape index (κ1) is 6.92. The van der Waals surface area contributed by atoms with E-state index in [1.54, 1.807) is 0 Å². The highest BCUT2D eigenvalue weighted by Crippen LogP contribution is 2.37. The van der Waals surface area contributed by atoms with Crippen molar-refractivity contribution >= 4 is 0 Å². The Labute approximate surface area is 67.0 Å². The van der Waals surface area contributed by atoms with Crippen molar-refractivity contribution in [3.63, 3.8) is 0 Å². The van der Waals surface area contributed by atoms with Crippen molar-refractivity contribution in [1.29, 1.82) is 0 Å². The molecule has 0 aromatic carbocycles. The Hall–Kier alpha value is -0.760. The summed E-state index contributed by atoms with van der Waals surface area (Å²) < 4.78 is 0. The minimum absolute atomic E-state index is 0.435. The van der Waals surface area contributed by atoms with E-state index in [4.69, 9.17) is 0 Å². The van der Waals surface area contributed by atoms with Crippen LogP contribution in [0.2, 0.25) is 0 Å². The highest BCUT2D eigenvalue weighted by molar-refractivity contribution is 5.14. The minimum atomic E-state index is 0.435. The fourth-order valence-corrected chi connectivity index (χ4v) is 1.51. The number of rotatable bonds is 3. The van der Waals surface area contributed by atoms with E-state index in [0.29, 0.717) is 5.54 Å². The van der Waals surface area contributed by atoms with Gasteiger partial charge in [0.25, 0.3) is 0 Å². The number of nitrogens with one attached hydrogen (secondary N) is 2. The fraction of sp³-hybridized carbons (Fsp3) is 0.556. The van der Waals surface area contributed by atoms with Crippen LogP contribution in [0.3, 0.4) is 0 Å². The molecule has 1 saturated carbocycles. The van der Waals surface area contributed by atoms with Crippen molar-refractivity contribution in [3.05, 3.63) is 24.0 Å². The summed E-state index contributed by atoms with van der Waals surface area (Å²) in [6, 6.07) is 4.21. The van der Waals surface area contributed by atoms with E-state index < -0.39 is 0 Å². The Morgan fingerprint density at radius 1 is 1.64 bits per heavy atom. The van der Waals surface area contributed by atoms with Crippen LogP contribution in [0.15, 0.2) is 18.3 Å². The van der Waals surface area contributed by atoms with Crippen molar-refractivity contribution in [1.82, 2.24) is 10.3 Å². The third kappa shape index (κ3) is 1.31. The van der Waals surface area contributed by atoms with Gasteiger partial charge in [-0.3, -0.25) is 0 Å². The third-order valence-electron chi connectivity index (χ3n) is 2.58. The average Bonchev–Trinajstić information content (AvgIpc) is 2.59. The van der Waals surface area contributed by atoms with Crippen LogP contribution < -0.4 is 5.32 Å². The molecule has 0 atom stereocenters. The Morgan fingerprint density at radius 3 is 2.91 bits per heavy atom. The summed E-state index contributed by atoms with van der Waals surface area (Å²) in [4.78, 5) is 3.23. The maximum absolute atomic E-state index is 3.37. The molecule has 2 nitrogen and oxygen atoms in total. The summed E-state index contributed by atoms with van der Waals surface area (Å²) in [7, 11) is 2.05. The van der Waals surface area contributed by atoms with E-state index in [2.05, 4.69) is 29.5 Å². The monoisotopic (exact) mass is 150 g/mol. The molecule has 0 spiro atoms. The van der Waals surface area contributed by atoms with Gasteiger partial charge < -0.3 is 10.3 Å². The molecule has 1 aliphatic rings. The zero-order chi connectivity index (χ0) is 7.73. The summed E-state index contributed by atoms with van der Waals surface area (Å²) in [5, 5.41) is 3.37. The van der Waals surface area contributed by atoms with E-state index in [9.17, 15) is 0 Å². The van der Waals surface area contributed by atoms with Crippen molar-refractivity contribution in [2.45, 2.75) is 24.8 Å². The average molecular weight is 150 g/mol. The van der Waals surface area contributed by atoms with E-state index in [-0.39, 0.29) is 0 Å². The lowest BCUT2D eigenvalue weighted by atomic mass is 10.1. The lowest BCUT2D eigenvalue weighted by Gasteiger charge is -2.11. The molecule has 0 aliphatic heterocycles. The van der Waals surface area contributed by atoms with E-state index in [0.717, 1.165) is 6.42 Å². The number of hydrogen-bond acceptors (Lipinski definition) is 1. The van der Waals surface area contributed by atoms with Gasteiger partial charge in [0.15, 0.2) is 0 Å². The minimum Gasteiger partial charge on any atom is -0.365 e. The molecule has 1 aromatic rings. The maximum Gasteiger partial charge on any atom is 0.0234 e. The van der Waals surface area contributed by atoms with Gasteiger partial charge in [0.2, 0.25) is 0 Å². The van der Waals surface area contributed by atoms with E-state index in [1.165, 1.54) is 18.5 Å². The highest BCUT2D eigenvalue weighted by atomic mass is 15.0. The number of aromatic amines is 1. The first-order valence-electron chi connectivity index (χ1n) is 4.16. The second-order valence-electron chi connectivity index (χ2n) is 3.40. The lowest BCUT2D eigenvalue weighted by Crippen LogP contribution is -2.29. The van der Waals surface area contributed by atoms with Crippen LogP contribution in [0.1, 0.15) is 18.5 Å². The number of H-pyrrole nitrogens is 1. The van der Waals surface area contributed by atoms with Crippen molar-refractivity contribution in [2.75, 3.05) is 7.05 Å². The Kier molecular flexibility index (Phi) is 1.50. The Bertz CT molecular complexity index is 222. The van der Waals surface area contributed by atoms with Crippen LogP contribution in [0.25, 0.3) is 0 Å². The van der Waals surface area contributed by atoms with Gasteiger partial charge in [0.1, 0.15) is 0 Å². The number of hydrogen-bond donors (Lipinski definition) is 2. The third-order valence-corrected chi connectivity index (χ3v) is 2.58. The zero-order valence-electron chi connectivity index (χ0n) is 6.85. The predicted molar refractivity (Wildman–Crippen MR) is 45.5 cm³/mol. The topological polar surface area (TPSA) is 27.8 Å². The van der Waals surface area contributed by atoms with Crippen molar-refractivity contribution in [2.24, 2.45) is 0 Å². The Morgan fingerprint density at radius 2 is 2.45 bits per heavy atom. The standard InChI is InChI=1S/C9H14N2/c1-10-9(4-5-9)7-8-3-2-6-11-8/h2-3,6,10-11H,4-5,7H2,1H3. The zero-order valence-corrected chi connectivity index (χ0v) is 6.85. The molecule has 60 valence electrons. The molecule has 0 amide bonds. The normalized spacial score (nSPS) is 20.1. The molecule has 0 radical (unpaired) electrons. The van der Waals surface area contributed by atoms with Crippen LogP contribution >= 0.6 is 0 Å². The number of likely N-dealkylation sites (N-methyl/N-ethyl adjacent to an activating group) is 1. The fourth-order valence-electron chi connectivity index (χ4n) is 1.51. The summed E-state index contributed by atoms with van der Waals surface area (Å²) in [5.74, 6) is 0. The van der Waals surface area contributed by atoms with Gasteiger partial charge >= 0.3 is 0 Å². The van der Waals surface area contributed by atoms with Gasteiger partial charge in [-0.15, -0.1) is 0 Å². The SMILES string of the molecule is CNC1(Cc2ccc[nH]2)CC1. The first-order chi connectivity index (χ1) is 5.35. The molecule has 0 saturated heterocycles. The molecule has 11 heavy (non-hydrogen) atoms. The van der Waals surface area contributed by atoms with Crippen LogP contribution in [-0.2, 0) is 6.42 Å². The molecule has 2 heteroatoms. The molecular formula is C9H14N2. The van der Waals surface area contributed by atoms with Crippen LogP contribution in [0.4, 0.5) is 0 Å². The largest absolute Gasteiger partial charge is 0.365 e. The molecule has 0 bridgehead atoms. The summed E-state index contributed by atoms with van der Waals surface area (Å²) in [5.41, 5.74) is 1.78. The molecule has 1 fully saturated rings. The maximum atomic E-state index is 3.37. The van der Waals surface area contributed by atoms with E-state index in [1.807, 2.05) is 6.20 Å². The molecule has 1 aromatic heterocycles. The molecule has 2 N–H and O–H groups in total. The second kappa shape index (κ2) is 2.38. The quantitative estimate of drug-likeness (QED) is 0.668. The molecular weight excluding hydrogens is 136 g/mol. The van der Waals surface area contributed by atoms with Gasteiger partial charge in [-0.05, 0) is 32.0 Å². The molecule has 1 aliphatic carbocycles. The van der Waals surface area contributed by atoms with Gasteiger partial charge in [0, 0.05) is 23.9 Å². The second-order valence-corrected chi connectivity index (χ2v) is 3.40. The molecule has 1 heterocycles. The first-order valence-corrected chi connectivity index (χ1v) is 4.16. The van der Waals surface area contributed by atoms with Gasteiger partial charge in [-0.2, -0.15) is 0 Å². The van der Waals surface area contributed by atoms with Gasteiger partial charge in [0.05, 0.1) is 0 Å². The van der Waals surface area contributed by atoms with Gasteiger partial charge in [-0.1, -0.05) is 0 Å². The van der Waals surface area contributed by atoms with Crippen LogP contribution in [0, 0.1) is 0 Å². The van der Waals surface area contributed by atoms with Crippen molar-refractivity contribution < 1.29 is 0 Å². The predicted octanol–water partition coefficient (Wildman–Crippen LogP) is 1.31. The highest BCUT2D eigenvalue weighted by Gasteiger charge is 2.40. The van der Waals surface area contributed by atoms with Crippen LogP contribution in [-0.4, -0.2) is 17.6 Å². The number of aromatic nitrogens is 1. The smallest absolute Gasteiger partial charge is 0.0234 e. The summed E-state index contributed by atoms with van der Waals surface area (Å²) in [6.07, 6.45) is 5.78. The van der Waals surface area contributed by atoms with Crippen LogP contribution in [0.5, 0.6) is 0 Å². The summed E-state index contributed by atoms with van der Waals surface area (Å²) in [6.45, 7) is 0.